The van der Waals surface area contributed by atoms with Crippen LogP contribution in [0.15, 0.2) is 23.4 Å². The van der Waals surface area contributed by atoms with E-state index in [1.54, 1.807) is 18.3 Å². The van der Waals surface area contributed by atoms with Crippen molar-refractivity contribution in [2.24, 2.45) is 11.0 Å². The number of anilines is 2. The molecule has 0 spiro atoms. The van der Waals surface area contributed by atoms with Gasteiger partial charge in [-0.25, -0.2) is 4.98 Å². The molecular formula is C11H14N4O. The Hall–Kier alpha value is -1.91. The van der Waals surface area contributed by atoms with Crippen LogP contribution in [0, 0.1) is 5.92 Å². The molecule has 5 nitrogen and oxygen atoms in total. The fourth-order valence-corrected chi connectivity index (χ4v) is 1.79. The molecule has 84 valence electrons. The highest BCUT2D eigenvalue weighted by Crippen LogP contribution is 2.24. The predicted octanol–water partition coefficient (Wildman–Crippen LogP) is 1.41. The lowest BCUT2D eigenvalue weighted by Gasteiger charge is -2.12. The molecule has 5 heteroatoms. The predicted molar refractivity (Wildman–Crippen MR) is 63.0 cm³/mol. The molecule has 2 N–H and O–H groups in total. The molecule has 0 aromatic carbocycles. The molecule has 0 saturated heterocycles. The minimum Gasteiger partial charge on any atom is -0.399 e. The number of amides is 1. The molecular weight excluding hydrogens is 204 g/mol. The Kier molecular flexibility index (Phi) is 2.60. The number of hydrogen-bond donors (Lipinski definition) is 1. The van der Waals surface area contributed by atoms with Gasteiger partial charge in [0.05, 0.1) is 5.92 Å². The van der Waals surface area contributed by atoms with Crippen LogP contribution in [0.25, 0.3) is 0 Å². The van der Waals surface area contributed by atoms with Gasteiger partial charge < -0.3 is 5.73 Å². The van der Waals surface area contributed by atoms with Crippen molar-refractivity contribution in [2.75, 3.05) is 10.7 Å². The van der Waals surface area contributed by atoms with Crippen LogP contribution >= 0.6 is 0 Å². The number of hydrazone groups is 1. The summed E-state index contributed by atoms with van der Waals surface area (Å²) in [7, 11) is 0. The molecule has 2 heterocycles. The third kappa shape index (κ3) is 1.64. The van der Waals surface area contributed by atoms with Crippen molar-refractivity contribution >= 4 is 23.1 Å². The van der Waals surface area contributed by atoms with Crippen LogP contribution in [-0.2, 0) is 4.79 Å². The summed E-state index contributed by atoms with van der Waals surface area (Å²) in [5.41, 5.74) is 7.05. The number of pyridine rings is 1. The third-order valence-electron chi connectivity index (χ3n) is 2.66. The van der Waals surface area contributed by atoms with Crippen LogP contribution in [0.3, 0.4) is 0 Å². The summed E-state index contributed by atoms with van der Waals surface area (Å²) >= 11 is 0. The molecule has 1 amide bonds. The van der Waals surface area contributed by atoms with Crippen molar-refractivity contribution < 1.29 is 4.79 Å². The van der Waals surface area contributed by atoms with E-state index in [-0.39, 0.29) is 11.8 Å². The molecule has 1 aliphatic heterocycles. The summed E-state index contributed by atoms with van der Waals surface area (Å²) in [5, 5.41) is 5.55. The standard InChI is InChI=1S/C11H14N4O/c1-3-9-7(2)14-15(11(9)16)10-6-8(12)4-5-13-10/h4-6,9H,3H2,1-2H3,(H2,12,13)/t9-/m0/s1. The van der Waals surface area contributed by atoms with Crippen molar-refractivity contribution in [3.05, 3.63) is 18.3 Å². The van der Waals surface area contributed by atoms with E-state index >= 15 is 0 Å². The number of nitrogens with zero attached hydrogens (tertiary/aromatic N) is 3. The number of hydrogen-bond acceptors (Lipinski definition) is 4. The Bertz CT molecular complexity index is 455. The lowest BCUT2D eigenvalue weighted by molar-refractivity contribution is -0.119. The molecule has 0 radical (unpaired) electrons. The molecule has 1 aromatic heterocycles. The monoisotopic (exact) mass is 218 g/mol. The second-order valence-electron chi connectivity index (χ2n) is 3.80. The Balaban J connectivity index is 2.34. The number of carbonyl (C=O) groups excluding carboxylic acids is 1. The molecule has 0 aliphatic carbocycles. The van der Waals surface area contributed by atoms with E-state index < -0.39 is 0 Å². The van der Waals surface area contributed by atoms with Gasteiger partial charge in [0.25, 0.3) is 5.91 Å². The van der Waals surface area contributed by atoms with Gasteiger partial charge in [-0.05, 0) is 19.4 Å². The van der Waals surface area contributed by atoms with E-state index in [2.05, 4.69) is 10.1 Å². The summed E-state index contributed by atoms with van der Waals surface area (Å²) < 4.78 is 0. The first kappa shape index (κ1) is 10.6. The number of rotatable bonds is 2. The summed E-state index contributed by atoms with van der Waals surface area (Å²) in [6.07, 6.45) is 2.33. The number of carbonyl (C=O) groups is 1. The number of nitrogens with two attached hydrogens (primary N) is 1. The van der Waals surface area contributed by atoms with Crippen LogP contribution in [0.4, 0.5) is 11.5 Å². The van der Waals surface area contributed by atoms with Gasteiger partial charge in [-0.1, -0.05) is 6.92 Å². The van der Waals surface area contributed by atoms with Crippen LogP contribution in [0.2, 0.25) is 0 Å². The van der Waals surface area contributed by atoms with Crippen molar-refractivity contribution in [2.45, 2.75) is 20.3 Å². The van der Waals surface area contributed by atoms with Crippen molar-refractivity contribution in [3.8, 4) is 0 Å². The zero-order valence-corrected chi connectivity index (χ0v) is 9.34. The average Bonchev–Trinajstić information content (AvgIpc) is 2.54. The van der Waals surface area contributed by atoms with Gasteiger partial charge in [0.1, 0.15) is 0 Å². The maximum absolute atomic E-state index is 12.0. The minimum atomic E-state index is -0.122. The van der Waals surface area contributed by atoms with Gasteiger partial charge in [-0.3, -0.25) is 4.79 Å². The summed E-state index contributed by atoms with van der Waals surface area (Å²) in [6.45, 7) is 3.83. The SMILES string of the molecule is CC[C@@H]1C(=O)N(c2cc(N)ccn2)N=C1C. The van der Waals surface area contributed by atoms with Gasteiger partial charge in [-0.15, -0.1) is 0 Å². The van der Waals surface area contributed by atoms with Crippen molar-refractivity contribution in [3.63, 3.8) is 0 Å². The lowest BCUT2D eigenvalue weighted by atomic mass is 10.0. The fourth-order valence-electron chi connectivity index (χ4n) is 1.79. The van der Waals surface area contributed by atoms with Crippen LogP contribution in [-0.4, -0.2) is 16.6 Å². The Morgan fingerprint density at radius 2 is 2.31 bits per heavy atom. The van der Waals surface area contributed by atoms with Crippen LogP contribution in [0.5, 0.6) is 0 Å². The fraction of sp³-hybridized carbons (Fsp3) is 0.364. The molecule has 1 atom stereocenters. The highest BCUT2D eigenvalue weighted by molar-refractivity contribution is 6.14. The maximum Gasteiger partial charge on any atom is 0.257 e. The molecule has 0 saturated carbocycles. The van der Waals surface area contributed by atoms with E-state index in [4.69, 9.17) is 5.73 Å². The number of nitrogen functional groups attached to an aromatic ring is 1. The highest BCUT2D eigenvalue weighted by atomic mass is 16.2. The second kappa shape index (κ2) is 3.92. The molecule has 2 rings (SSSR count). The van der Waals surface area contributed by atoms with E-state index in [0.717, 1.165) is 12.1 Å². The zero-order valence-electron chi connectivity index (χ0n) is 9.34. The molecule has 1 aromatic rings. The molecule has 16 heavy (non-hydrogen) atoms. The topological polar surface area (TPSA) is 71.6 Å². The smallest absolute Gasteiger partial charge is 0.257 e. The van der Waals surface area contributed by atoms with Gasteiger partial charge in [-0.2, -0.15) is 10.1 Å². The zero-order chi connectivity index (χ0) is 11.7. The quantitative estimate of drug-likeness (QED) is 0.815. The maximum atomic E-state index is 12.0. The van der Waals surface area contributed by atoms with Crippen LogP contribution < -0.4 is 10.7 Å². The average molecular weight is 218 g/mol. The Morgan fingerprint density at radius 1 is 1.56 bits per heavy atom. The molecule has 0 bridgehead atoms. The normalized spacial score (nSPS) is 20.1. The van der Waals surface area contributed by atoms with Gasteiger partial charge in [0, 0.05) is 23.7 Å². The van der Waals surface area contributed by atoms with E-state index in [1.807, 2.05) is 13.8 Å². The van der Waals surface area contributed by atoms with Gasteiger partial charge in [0.2, 0.25) is 0 Å². The number of aromatic nitrogens is 1. The summed E-state index contributed by atoms with van der Waals surface area (Å²) in [4.78, 5) is 16.1. The summed E-state index contributed by atoms with van der Waals surface area (Å²) in [6, 6.07) is 3.32. The van der Waals surface area contributed by atoms with Crippen molar-refractivity contribution in [1.82, 2.24) is 4.98 Å². The second-order valence-corrected chi connectivity index (χ2v) is 3.80. The third-order valence-corrected chi connectivity index (χ3v) is 2.66. The van der Waals surface area contributed by atoms with Crippen molar-refractivity contribution in [1.29, 1.82) is 0 Å². The Labute approximate surface area is 94.0 Å². The molecule has 0 unspecified atom stereocenters. The lowest BCUT2D eigenvalue weighted by Crippen LogP contribution is -2.27. The summed E-state index contributed by atoms with van der Waals surface area (Å²) in [5.74, 6) is 0.335. The Morgan fingerprint density at radius 3 is 2.88 bits per heavy atom. The largest absolute Gasteiger partial charge is 0.399 e. The van der Waals surface area contributed by atoms with Crippen LogP contribution in [0.1, 0.15) is 20.3 Å². The van der Waals surface area contributed by atoms with Gasteiger partial charge >= 0.3 is 0 Å². The molecule has 0 fully saturated rings. The molecule has 1 aliphatic rings. The van der Waals surface area contributed by atoms with E-state index in [0.29, 0.717) is 11.5 Å². The highest BCUT2D eigenvalue weighted by Gasteiger charge is 2.33. The first-order chi connectivity index (χ1) is 7.63. The first-order valence-corrected chi connectivity index (χ1v) is 5.24. The van der Waals surface area contributed by atoms with Gasteiger partial charge in [0.15, 0.2) is 5.82 Å². The minimum absolute atomic E-state index is 0.0295. The van der Waals surface area contributed by atoms with E-state index in [9.17, 15) is 4.79 Å². The first-order valence-electron chi connectivity index (χ1n) is 5.24. The van der Waals surface area contributed by atoms with E-state index in [1.165, 1.54) is 5.01 Å².